The van der Waals surface area contributed by atoms with Crippen molar-refractivity contribution in [2.45, 2.75) is 6.92 Å². The first-order valence-corrected chi connectivity index (χ1v) is 3.48. The van der Waals surface area contributed by atoms with Crippen molar-refractivity contribution in [3.63, 3.8) is 0 Å². The molecule has 0 aromatic heterocycles. The maximum absolute atomic E-state index is 10.7. The van der Waals surface area contributed by atoms with Crippen molar-refractivity contribution in [2.75, 3.05) is 19.6 Å². The van der Waals surface area contributed by atoms with E-state index in [4.69, 9.17) is 5.73 Å². The van der Waals surface area contributed by atoms with Crippen molar-refractivity contribution in [2.24, 2.45) is 5.73 Å². The lowest BCUT2D eigenvalue weighted by atomic mass is 10.5. The molecular formula is C6H13N3O2. The molecule has 0 unspecified atom stereocenters. The zero-order valence-corrected chi connectivity index (χ0v) is 6.52. The predicted octanol–water partition coefficient (Wildman–Crippen LogP) is -1.80. The van der Waals surface area contributed by atoms with Gasteiger partial charge in [0.15, 0.2) is 0 Å². The van der Waals surface area contributed by atoms with Gasteiger partial charge in [0, 0.05) is 19.6 Å². The van der Waals surface area contributed by atoms with Gasteiger partial charge in [0.2, 0.25) is 0 Å². The molecule has 0 aliphatic heterocycles. The van der Waals surface area contributed by atoms with Gasteiger partial charge in [-0.25, -0.2) is 0 Å². The Morgan fingerprint density at radius 3 is 2.27 bits per heavy atom. The summed E-state index contributed by atoms with van der Waals surface area (Å²) < 4.78 is 0. The van der Waals surface area contributed by atoms with Crippen LogP contribution in [0, 0.1) is 0 Å². The Morgan fingerprint density at radius 2 is 1.82 bits per heavy atom. The first-order chi connectivity index (χ1) is 5.22. The van der Waals surface area contributed by atoms with Gasteiger partial charge in [0.05, 0.1) is 0 Å². The fourth-order valence-electron chi connectivity index (χ4n) is 0.507. The third-order valence-electron chi connectivity index (χ3n) is 0.973. The molecule has 0 atom stereocenters. The minimum Gasteiger partial charge on any atom is -0.348 e. The minimum atomic E-state index is -0.627. The Bertz CT molecular complexity index is 147. The lowest BCUT2D eigenvalue weighted by Gasteiger charge is -2.01. The first kappa shape index (κ1) is 9.90. The summed E-state index contributed by atoms with van der Waals surface area (Å²) >= 11 is 0. The van der Waals surface area contributed by atoms with Gasteiger partial charge < -0.3 is 16.4 Å². The summed E-state index contributed by atoms with van der Waals surface area (Å²) in [4.78, 5) is 21.4. The van der Waals surface area contributed by atoms with Gasteiger partial charge in [0.25, 0.3) is 0 Å². The van der Waals surface area contributed by atoms with E-state index in [-0.39, 0.29) is 0 Å². The van der Waals surface area contributed by atoms with E-state index in [2.05, 4.69) is 10.6 Å². The highest BCUT2D eigenvalue weighted by Crippen LogP contribution is 1.66. The van der Waals surface area contributed by atoms with Crippen LogP contribution in [0.15, 0.2) is 0 Å². The quantitative estimate of drug-likeness (QED) is 0.425. The number of hydrogen-bond acceptors (Lipinski definition) is 3. The average molecular weight is 159 g/mol. The summed E-state index contributed by atoms with van der Waals surface area (Å²) in [6.07, 6.45) is 0. The van der Waals surface area contributed by atoms with E-state index < -0.39 is 11.8 Å². The zero-order valence-electron chi connectivity index (χ0n) is 6.52. The van der Waals surface area contributed by atoms with Gasteiger partial charge in [-0.3, -0.25) is 9.59 Å². The molecule has 0 saturated carbocycles. The SMILES string of the molecule is CCNC(=O)C(=O)NCCN. The van der Waals surface area contributed by atoms with Crippen molar-refractivity contribution in [1.82, 2.24) is 10.6 Å². The lowest BCUT2D eigenvalue weighted by molar-refractivity contribution is -0.139. The molecule has 0 rings (SSSR count). The molecule has 0 aliphatic carbocycles. The van der Waals surface area contributed by atoms with Crippen molar-refractivity contribution in [3.05, 3.63) is 0 Å². The molecule has 2 amide bonds. The van der Waals surface area contributed by atoms with Crippen LogP contribution in [0.2, 0.25) is 0 Å². The van der Waals surface area contributed by atoms with Crippen LogP contribution < -0.4 is 16.4 Å². The Balaban J connectivity index is 3.56. The summed E-state index contributed by atoms with van der Waals surface area (Å²) in [7, 11) is 0. The number of carbonyl (C=O) groups excluding carboxylic acids is 2. The second kappa shape index (κ2) is 5.67. The molecule has 64 valence electrons. The van der Waals surface area contributed by atoms with Crippen LogP contribution in [0.4, 0.5) is 0 Å². The summed E-state index contributed by atoms with van der Waals surface area (Å²) in [6, 6.07) is 0. The molecule has 0 spiro atoms. The second-order valence-electron chi connectivity index (χ2n) is 1.90. The third kappa shape index (κ3) is 4.32. The lowest BCUT2D eigenvalue weighted by Crippen LogP contribution is -2.41. The summed E-state index contributed by atoms with van der Waals surface area (Å²) in [6.45, 7) is 2.87. The number of nitrogens with one attached hydrogen (secondary N) is 2. The average Bonchev–Trinajstić information content (AvgIpc) is 2.00. The van der Waals surface area contributed by atoms with E-state index in [0.717, 1.165) is 0 Å². The molecule has 0 aromatic rings. The summed E-state index contributed by atoms with van der Waals surface area (Å²) in [5.74, 6) is -1.24. The standard InChI is InChI=1S/C6H13N3O2/c1-2-8-5(10)6(11)9-4-3-7/h2-4,7H2,1H3,(H,8,10)(H,9,11). The number of carbonyl (C=O) groups is 2. The molecule has 0 aliphatic rings. The summed E-state index contributed by atoms with van der Waals surface area (Å²) in [5.41, 5.74) is 5.10. The molecule has 0 saturated heterocycles. The van der Waals surface area contributed by atoms with Crippen LogP contribution in [-0.2, 0) is 9.59 Å². The largest absolute Gasteiger partial charge is 0.348 e. The highest BCUT2D eigenvalue weighted by molar-refractivity contribution is 6.35. The Morgan fingerprint density at radius 1 is 1.27 bits per heavy atom. The van der Waals surface area contributed by atoms with E-state index in [9.17, 15) is 9.59 Å². The maximum Gasteiger partial charge on any atom is 0.309 e. The maximum atomic E-state index is 10.7. The van der Waals surface area contributed by atoms with Crippen LogP contribution >= 0.6 is 0 Å². The van der Waals surface area contributed by atoms with Crippen molar-refractivity contribution in [1.29, 1.82) is 0 Å². The zero-order chi connectivity index (χ0) is 8.69. The van der Waals surface area contributed by atoms with Gasteiger partial charge in [-0.15, -0.1) is 0 Å². The van der Waals surface area contributed by atoms with Gasteiger partial charge >= 0.3 is 11.8 Å². The molecule has 5 nitrogen and oxygen atoms in total. The molecule has 0 heterocycles. The smallest absolute Gasteiger partial charge is 0.309 e. The van der Waals surface area contributed by atoms with Gasteiger partial charge in [-0.05, 0) is 6.92 Å². The third-order valence-corrected chi connectivity index (χ3v) is 0.973. The van der Waals surface area contributed by atoms with E-state index in [1.54, 1.807) is 6.92 Å². The molecule has 0 radical (unpaired) electrons. The fraction of sp³-hybridized carbons (Fsp3) is 0.667. The molecule has 0 aromatic carbocycles. The predicted molar refractivity (Wildman–Crippen MR) is 40.7 cm³/mol. The number of amides is 2. The second-order valence-corrected chi connectivity index (χ2v) is 1.90. The molecular weight excluding hydrogens is 146 g/mol. The fourth-order valence-corrected chi connectivity index (χ4v) is 0.507. The van der Waals surface area contributed by atoms with Gasteiger partial charge in [-0.2, -0.15) is 0 Å². The first-order valence-electron chi connectivity index (χ1n) is 3.48. The van der Waals surface area contributed by atoms with Crippen molar-refractivity contribution >= 4 is 11.8 Å². The van der Waals surface area contributed by atoms with Crippen molar-refractivity contribution in [3.8, 4) is 0 Å². The number of likely N-dealkylation sites (N-methyl/N-ethyl adjacent to an activating group) is 1. The highest BCUT2D eigenvalue weighted by atomic mass is 16.2. The molecule has 5 heteroatoms. The Kier molecular flexibility index (Phi) is 5.10. The van der Waals surface area contributed by atoms with E-state index >= 15 is 0 Å². The van der Waals surface area contributed by atoms with Crippen molar-refractivity contribution < 1.29 is 9.59 Å². The normalized spacial score (nSPS) is 8.91. The molecule has 4 N–H and O–H groups in total. The van der Waals surface area contributed by atoms with Crippen LogP contribution in [0.3, 0.4) is 0 Å². The topological polar surface area (TPSA) is 84.2 Å². The Labute approximate surface area is 65.3 Å². The van der Waals surface area contributed by atoms with E-state index in [1.165, 1.54) is 0 Å². The van der Waals surface area contributed by atoms with E-state index in [1.807, 2.05) is 0 Å². The van der Waals surface area contributed by atoms with Gasteiger partial charge in [-0.1, -0.05) is 0 Å². The van der Waals surface area contributed by atoms with Crippen LogP contribution in [-0.4, -0.2) is 31.4 Å². The van der Waals surface area contributed by atoms with E-state index in [0.29, 0.717) is 19.6 Å². The number of hydrogen-bond donors (Lipinski definition) is 3. The number of nitrogens with two attached hydrogens (primary N) is 1. The van der Waals surface area contributed by atoms with Gasteiger partial charge in [0.1, 0.15) is 0 Å². The van der Waals surface area contributed by atoms with Crippen LogP contribution in [0.5, 0.6) is 0 Å². The highest BCUT2D eigenvalue weighted by Gasteiger charge is 2.09. The Hall–Kier alpha value is -1.10. The number of rotatable bonds is 3. The molecule has 0 bridgehead atoms. The van der Waals surface area contributed by atoms with Crippen LogP contribution in [0.1, 0.15) is 6.92 Å². The minimum absolute atomic E-state index is 0.329. The summed E-state index contributed by atoms with van der Waals surface area (Å²) in [5, 5.41) is 4.70. The van der Waals surface area contributed by atoms with Crippen LogP contribution in [0.25, 0.3) is 0 Å². The monoisotopic (exact) mass is 159 g/mol. The molecule has 0 fully saturated rings. The molecule has 11 heavy (non-hydrogen) atoms.